The molecule has 2 rings (SSSR count). The zero-order valence-electron chi connectivity index (χ0n) is 11.4. The molecule has 1 aromatic heterocycles. The number of thiophene rings is 1. The molecule has 4 nitrogen and oxygen atoms in total. The predicted octanol–water partition coefficient (Wildman–Crippen LogP) is 2.60. The van der Waals surface area contributed by atoms with Crippen LogP contribution in [-0.2, 0) is 10.0 Å². The maximum Gasteiger partial charge on any atom is 0.240 e. The molecule has 1 heterocycles. The standard InChI is InChI=1S/C14H16FNO3S2/c1-10-9-11(15)4-5-14(10)21(18,19)16-7-6-12(17)13-3-2-8-20-13/h2-5,8-9,12,16-17H,6-7H2,1H3. The largest absolute Gasteiger partial charge is 0.388 e. The monoisotopic (exact) mass is 329 g/mol. The lowest BCUT2D eigenvalue weighted by molar-refractivity contribution is 0.173. The fraction of sp³-hybridized carbons (Fsp3) is 0.286. The van der Waals surface area contributed by atoms with Crippen LogP contribution in [0.5, 0.6) is 0 Å². The lowest BCUT2D eigenvalue weighted by Gasteiger charge is -2.11. The molecule has 0 aliphatic carbocycles. The van der Waals surface area contributed by atoms with Crippen molar-refractivity contribution in [2.75, 3.05) is 6.54 Å². The summed E-state index contributed by atoms with van der Waals surface area (Å²) >= 11 is 1.42. The van der Waals surface area contributed by atoms with Crippen LogP contribution < -0.4 is 4.72 Å². The summed E-state index contributed by atoms with van der Waals surface area (Å²) in [4.78, 5) is 0.849. The number of rotatable bonds is 6. The number of sulfonamides is 1. The molecular weight excluding hydrogens is 313 g/mol. The molecule has 1 aromatic carbocycles. The minimum Gasteiger partial charge on any atom is -0.388 e. The second-order valence-electron chi connectivity index (χ2n) is 4.63. The Bertz CT molecular complexity index is 699. The average Bonchev–Trinajstić information content (AvgIpc) is 2.91. The Morgan fingerprint density at radius 3 is 2.76 bits per heavy atom. The van der Waals surface area contributed by atoms with E-state index in [2.05, 4.69) is 4.72 Å². The van der Waals surface area contributed by atoms with Crippen molar-refractivity contribution in [1.82, 2.24) is 4.72 Å². The minimum atomic E-state index is -3.70. The summed E-state index contributed by atoms with van der Waals surface area (Å²) in [6.45, 7) is 1.65. The first kappa shape index (κ1) is 16.1. The van der Waals surface area contributed by atoms with E-state index in [0.29, 0.717) is 5.56 Å². The molecule has 0 amide bonds. The molecule has 114 valence electrons. The summed E-state index contributed by atoms with van der Waals surface area (Å²) in [6.07, 6.45) is -0.415. The summed E-state index contributed by atoms with van der Waals surface area (Å²) in [7, 11) is -3.70. The van der Waals surface area contributed by atoms with E-state index in [1.807, 2.05) is 11.4 Å². The van der Waals surface area contributed by atoms with Gasteiger partial charge in [0.05, 0.1) is 11.0 Å². The number of aliphatic hydroxyl groups excluding tert-OH is 1. The van der Waals surface area contributed by atoms with Gasteiger partial charge in [-0.15, -0.1) is 11.3 Å². The molecule has 0 saturated carbocycles. The molecule has 0 aliphatic heterocycles. The van der Waals surface area contributed by atoms with Crippen molar-refractivity contribution in [2.24, 2.45) is 0 Å². The summed E-state index contributed by atoms with van der Waals surface area (Å²) < 4.78 is 39.7. The van der Waals surface area contributed by atoms with Gasteiger partial charge in [0.1, 0.15) is 5.82 Å². The highest BCUT2D eigenvalue weighted by atomic mass is 32.2. The number of aliphatic hydroxyl groups is 1. The second kappa shape index (κ2) is 6.65. The molecule has 0 radical (unpaired) electrons. The maximum absolute atomic E-state index is 13.0. The van der Waals surface area contributed by atoms with Gasteiger partial charge in [0.25, 0.3) is 0 Å². The molecule has 1 atom stereocenters. The van der Waals surface area contributed by atoms with E-state index in [1.165, 1.54) is 30.4 Å². The van der Waals surface area contributed by atoms with Gasteiger partial charge in [-0.1, -0.05) is 6.07 Å². The first-order valence-corrected chi connectivity index (χ1v) is 8.74. The first-order valence-electron chi connectivity index (χ1n) is 6.37. The van der Waals surface area contributed by atoms with E-state index in [4.69, 9.17) is 0 Å². The third-order valence-corrected chi connectivity index (χ3v) is 5.60. The van der Waals surface area contributed by atoms with Crippen molar-refractivity contribution >= 4 is 21.4 Å². The third-order valence-electron chi connectivity index (χ3n) is 3.01. The van der Waals surface area contributed by atoms with E-state index < -0.39 is 21.9 Å². The Labute approximate surface area is 127 Å². The van der Waals surface area contributed by atoms with Gasteiger partial charge in [-0.25, -0.2) is 17.5 Å². The van der Waals surface area contributed by atoms with Crippen LogP contribution in [-0.4, -0.2) is 20.1 Å². The summed E-state index contributed by atoms with van der Waals surface area (Å²) in [5, 5.41) is 11.7. The minimum absolute atomic E-state index is 0.0505. The highest BCUT2D eigenvalue weighted by Crippen LogP contribution is 2.21. The van der Waals surface area contributed by atoms with Crippen LogP contribution >= 0.6 is 11.3 Å². The van der Waals surface area contributed by atoms with Gasteiger partial charge in [0, 0.05) is 11.4 Å². The number of nitrogens with one attached hydrogen (secondary N) is 1. The molecule has 1 unspecified atom stereocenters. The SMILES string of the molecule is Cc1cc(F)ccc1S(=O)(=O)NCCC(O)c1cccs1. The quantitative estimate of drug-likeness (QED) is 0.856. The van der Waals surface area contributed by atoms with E-state index in [-0.39, 0.29) is 17.9 Å². The molecule has 0 saturated heterocycles. The smallest absolute Gasteiger partial charge is 0.240 e. The maximum atomic E-state index is 13.0. The number of halogens is 1. The Morgan fingerprint density at radius 2 is 2.14 bits per heavy atom. The normalized spacial score (nSPS) is 13.3. The van der Waals surface area contributed by atoms with Gasteiger partial charge >= 0.3 is 0 Å². The van der Waals surface area contributed by atoms with Crippen molar-refractivity contribution in [3.05, 3.63) is 52.0 Å². The fourth-order valence-electron chi connectivity index (χ4n) is 1.95. The molecule has 0 fully saturated rings. The topological polar surface area (TPSA) is 66.4 Å². The van der Waals surface area contributed by atoms with Gasteiger partial charge in [0.15, 0.2) is 0 Å². The number of hydrogen-bond donors (Lipinski definition) is 2. The molecular formula is C14H16FNO3S2. The Balaban J connectivity index is 1.98. The summed E-state index contributed by atoms with van der Waals surface area (Å²) in [6, 6.07) is 7.16. The second-order valence-corrected chi connectivity index (χ2v) is 7.34. The average molecular weight is 329 g/mol. The van der Waals surface area contributed by atoms with Gasteiger partial charge in [0.2, 0.25) is 10.0 Å². The molecule has 7 heteroatoms. The number of benzene rings is 1. The van der Waals surface area contributed by atoms with Crippen molar-refractivity contribution in [3.63, 3.8) is 0 Å². The highest BCUT2D eigenvalue weighted by Gasteiger charge is 2.17. The molecule has 0 spiro atoms. The molecule has 2 N–H and O–H groups in total. The molecule has 21 heavy (non-hydrogen) atoms. The van der Waals surface area contributed by atoms with Crippen LogP contribution in [0, 0.1) is 12.7 Å². The third kappa shape index (κ3) is 4.10. The number of hydrogen-bond acceptors (Lipinski definition) is 4. The number of aryl methyl sites for hydroxylation is 1. The van der Waals surface area contributed by atoms with Gasteiger partial charge in [-0.05, 0) is 48.6 Å². The van der Waals surface area contributed by atoms with Crippen LogP contribution in [0.1, 0.15) is 23.0 Å². The van der Waals surface area contributed by atoms with Crippen molar-refractivity contribution in [1.29, 1.82) is 0 Å². The van der Waals surface area contributed by atoms with Crippen molar-refractivity contribution in [3.8, 4) is 0 Å². The molecule has 0 aliphatic rings. The molecule has 0 bridgehead atoms. The lowest BCUT2D eigenvalue weighted by atomic mass is 10.2. The Morgan fingerprint density at radius 1 is 1.38 bits per heavy atom. The van der Waals surface area contributed by atoms with Crippen LogP contribution in [0.4, 0.5) is 4.39 Å². The fourth-order valence-corrected chi connectivity index (χ4v) is 3.96. The van der Waals surface area contributed by atoms with E-state index in [1.54, 1.807) is 6.07 Å². The van der Waals surface area contributed by atoms with Crippen molar-refractivity contribution < 1.29 is 17.9 Å². The van der Waals surface area contributed by atoms with Gasteiger partial charge < -0.3 is 5.11 Å². The van der Waals surface area contributed by atoms with E-state index >= 15 is 0 Å². The summed E-state index contributed by atoms with van der Waals surface area (Å²) in [5.41, 5.74) is 0.348. The first-order chi connectivity index (χ1) is 9.90. The van der Waals surface area contributed by atoms with E-state index in [0.717, 1.165) is 10.9 Å². The van der Waals surface area contributed by atoms with Crippen LogP contribution in [0.15, 0.2) is 40.6 Å². The van der Waals surface area contributed by atoms with E-state index in [9.17, 15) is 17.9 Å². The van der Waals surface area contributed by atoms with Crippen molar-refractivity contribution in [2.45, 2.75) is 24.3 Å². The van der Waals surface area contributed by atoms with Gasteiger partial charge in [-0.3, -0.25) is 0 Å². The zero-order valence-corrected chi connectivity index (χ0v) is 13.0. The Kier molecular flexibility index (Phi) is 5.10. The zero-order chi connectivity index (χ0) is 15.5. The highest BCUT2D eigenvalue weighted by molar-refractivity contribution is 7.89. The molecule has 2 aromatic rings. The van der Waals surface area contributed by atoms with Crippen LogP contribution in [0.25, 0.3) is 0 Å². The van der Waals surface area contributed by atoms with Crippen LogP contribution in [0.2, 0.25) is 0 Å². The Hall–Kier alpha value is -1.28. The van der Waals surface area contributed by atoms with Crippen LogP contribution in [0.3, 0.4) is 0 Å². The predicted molar refractivity (Wildman–Crippen MR) is 80.2 cm³/mol. The summed E-state index contributed by atoms with van der Waals surface area (Å²) in [5.74, 6) is -0.473. The lowest BCUT2D eigenvalue weighted by Crippen LogP contribution is -2.26. The van der Waals surface area contributed by atoms with Gasteiger partial charge in [-0.2, -0.15) is 0 Å².